The van der Waals surface area contributed by atoms with Crippen molar-refractivity contribution >= 4 is 0 Å². The van der Waals surface area contributed by atoms with Crippen LogP contribution in [0.2, 0.25) is 0 Å². The first-order valence-corrected chi connectivity index (χ1v) is 9.86. The average molecular weight is 370 g/mol. The maximum atomic E-state index is 4.48. The van der Waals surface area contributed by atoms with E-state index < -0.39 is 0 Å². The van der Waals surface area contributed by atoms with Crippen molar-refractivity contribution in [3.63, 3.8) is 0 Å². The fourth-order valence-corrected chi connectivity index (χ4v) is 2.93. The van der Waals surface area contributed by atoms with Gasteiger partial charge in [0.25, 0.3) is 0 Å². The lowest BCUT2D eigenvalue weighted by Crippen LogP contribution is -2.26. The maximum Gasteiger partial charge on any atom is 0.0544 e. The number of pyridine rings is 1. The van der Waals surface area contributed by atoms with Gasteiger partial charge in [0.2, 0.25) is 0 Å². The van der Waals surface area contributed by atoms with E-state index >= 15 is 0 Å². The second kappa shape index (κ2) is 12.6. The predicted molar refractivity (Wildman–Crippen MR) is 114 cm³/mol. The highest BCUT2D eigenvalue weighted by Gasteiger charge is 2.01. The van der Waals surface area contributed by atoms with Gasteiger partial charge < -0.3 is 20.4 Å². The number of nitrogens with zero attached hydrogens (tertiary/aromatic N) is 3. The first-order chi connectivity index (χ1) is 13.1. The molecule has 1 heterocycles. The molecule has 0 aliphatic rings. The third kappa shape index (κ3) is 9.63. The summed E-state index contributed by atoms with van der Waals surface area (Å²) in [6.45, 7) is 6.88. The van der Waals surface area contributed by atoms with Gasteiger partial charge in [0.15, 0.2) is 0 Å². The van der Waals surface area contributed by atoms with E-state index in [9.17, 15) is 0 Å². The molecule has 0 aliphatic carbocycles. The van der Waals surface area contributed by atoms with Crippen molar-refractivity contribution in [1.29, 1.82) is 0 Å². The molecule has 0 unspecified atom stereocenters. The Morgan fingerprint density at radius 3 is 2.41 bits per heavy atom. The van der Waals surface area contributed by atoms with Crippen molar-refractivity contribution in [2.24, 2.45) is 0 Å². The van der Waals surface area contributed by atoms with Gasteiger partial charge in [-0.05, 0) is 63.9 Å². The summed E-state index contributed by atoms with van der Waals surface area (Å²) in [5.74, 6) is 0. The third-order valence-corrected chi connectivity index (χ3v) is 4.44. The predicted octanol–water partition coefficient (Wildman–Crippen LogP) is 2.34. The van der Waals surface area contributed by atoms with Crippen LogP contribution in [0.1, 0.15) is 23.2 Å². The van der Waals surface area contributed by atoms with Crippen LogP contribution >= 0.6 is 0 Å². The van der Waals surface area contributed by atoms with Crippen LogP contribution in [0.25, 0.3) is 0 Å². The molecular formula is C22H35N5. The number of nitrogens with one attached hydrogen (secondary N) is 2. The molecule has 27 heavy (non-hydrogen) atoms. The highest BCUT2D eigenvalue weighted by atomic mass is 15.1. The van der Waals surface area contributed by atoms with Gasteiger partial charge in [0.05, 0.1) is 5.69 Å². The van der Waals surface area contributed by atoms with Gasteiger partial charge in [-0.2, -0.15) is 0 Å². The van der Waals surface area contributed by atoms with E-state index in [1.807, 2.05) is 6.20 Å². The monoisotopic (exact) mass is 369 g/mol. The van der Waals surface area contributed by atoms with E-state index in [0.29, 0.717) is 0 Å². The van der Waals surface area contributed by atoms with Crippen LogP contribution in [0.3, 0.4) is 0 Å². The van der Waals surface area contributed by atoms with Gasteiger partial charge in [-0.15, -0.1) is 0 Å². The molecule has 2 N–H and O–H groups in total. The molecule has 0 saturated heterocycles. The standard InChI is InChI=1S/C22H35N5/c1-26(2)15-13-24-17-21-10-12-25-22(16-21)18-23-11-7-14-27(3)19-20-8-5-4-6-9-20/h4-6,8-10,12,16,23-24H,7,11,13-15,17-19H2,1-3H3. The quantitative estimate of drug-likeness (QED) is 0.531. The summed E-state index contributed by atoms with van der Waals surface area (Å²) in [6, 6.07) is 14.9. The highest BCUT2D eigenvalue weighted by molar-refractivity contribution is 5.16. The van der Waals surface area contributed by atoms with E-state index in [1.54, 1.807) is 0 Å². The van der Waals surface area contributed by atoms with Gasteiger partial charge in [0, 0.05) is 38.9 Å². The fourth-order valence-electron chi connectivity index (χ4n) is 2.93. The van der Waals surface area contributed by atoms with Crippen LogP contribution in [-0.4, -0.2) is 62.1 Å². The lowest BCUT2D eigenvalue weighted by Gasteiger charge is -2.16. The molecule has 5 nitrogen and oxygen atoms in total. The molecule has 1 aromatic carbocycles. The molecular weight excluding hydrogens is 334 g/mol. The van der Waals surface area contributed by atoms with Crippen LogP contribution in [0, 0.1) is 0 Å². The molecule has 1 aromatic heterocycles. The summed E-state index contributed by atoms with van der Waals surface area (Å²) in [5, 5.41) is 6.99. The normalized spacial score (nSPS) is 11.4. The van der Waals surface area contributed by atoms with Crippen LogP contribution in [-0.2, 0) is 19.6 Å². The number of benzene rings is 1. The Labute approximate surface area is 164 Å². The van der Waals surface area contributed by atoms with Crippen molar-refractivity contribution in [2.45, 2.75) is 26.1 Å². The van der Waals surface area contributed by atoms with Crippen molar-refractivity contribution < 1.29 is 0 Å². The summed E-state index contributed by atoms with van der Waals surface area (Å²) >= 11 is 0. The van der Waals surface area contributed by atoms with Gasteiger partial charge >= 0.3 is 0 Å². The Bertz CT molecular complexity index is 630. The number of rotatable bonds is 13. The Hall–Kier alpha value is -1.79. The van der Waals surface area contributed by atoms with Gasteiger partial charge in [-0.25, -0.2) is 0 Å². The van der Waals surface area contributed by atoms with Crippen LogP contribution in [0.5, 0.6) is 0 Å². The molecule has 2 aromatic rings. The molecule has 148 valence electrons. The van der Waals surface area contributed by atoms with Crippen molar-refractivity contribution in [1.82, 2.24) is 25.4 Å². The minimum Gasteiger partial charge on any atom is -0.311 e. The molecule has 0 bridgehead atoms. The molecule has 0 aliphatic heterocycles. The molecule has 0 spiro atoms. The zero-order valence-electron chi connectivity index (χ0n) is 17.1. The maximum absolute atomic E-state index is 4.48. The summed E-state index contributed by atoms with van der Waals surface area (Å²) in [6.07, 6.45) is 3.04. The van der Waals surface area contributed by atoms with Gasteiger partial charge in [-0.3, -0.25) is 4.98 Å². The first kappa shape index (κ1) is 21.5. The number of hydrogen-bond donors (Lipinski definition) is 2. The second-order valence-electron chi connectivity index (χ2n) is 7.39. The molecule has 0 atom stereocenters. The average Bonchev–Trinajstić information content (AvgIpc) is 2.66. The smallest absolute Gasteiger partial charge is 0.0544 e. The minimum atomic E-state index is 0.827. The van der Waals surface area contributed by atoms with Crippen LogP contribution in [0.4, 0.5) is 0 Å². The van der Waals surface area contributed by atoms with E-state index in [1.165, 1.54) is 11.1 Å². The zero-order valence-corrected chi connectivity index (χ0v) is 17.1. The van der Waals surface area contributed by atoms with Gasteiger partial charge in [0.1, 0.15) is 0 Å². The minimum absolute atomic E-state index is 0.827. The Morgan fingerprint density at radius 1 is 0.852 bits per heavy atom. The topological polar surface area (TPSA) is 43.4 Å². The molecule has 0 saturated carbocycles. The second-order valence-corrected chi connectivity index (χ2v) is 7.39. The number of likely N-dealkylation sites (N-methyl/N-ethyl adjacent to an activating group) is 1. The summed E-state index contributed by atoms with van der Waals surface area (Å²) in [7, 11) is 6.37. The van der Waals surface area contributed by atoms with Crippen molar-refractivity contribution in [3.05, 3.63) is 65.5 Å². The fraction of sp³-hybridized carbons (Fsp3) is 0.500. The number of aromatic nitrogens is 1. The van der Waals surface area contributed by atoms with Crippen molar-refractivity contribution in [3.8, 4) is 0 Å². The van der Waals surface area contributed by atoms with Crippen LogP contribution < -0.4 is 10.6 Å². The third-order valence-electron chi connectivity index (χ3n) is 4.44. The molecule has 0 fully saturated rings. The summed E-state index contributed by atoms with van der Waals surface area (Å²) in [4.78, 5) is 9.03. The molecule has 0 radical (unpaired) electrons. The Morgan fingerprint density at radius 2 is 1.63 bits per heavy atom. The summed E-state index contributed by atoms with van der Waals surface area (Å²) < 4.78 is 0. The largest absolute Gasteiger partial charge is 0.311 e. The Balaban J connectivity index is 1.59. The SMILES string of the molecule is CN(C)CCNCc1ccnc(CNCCCN(C)Cc2ccccc2)c1. The van der Waals surface area contributed by atoms with Crippen molar-refractivity contribution in [2.75, 3.05) is 47.3 Å². The highest BCUT2D eigenvalue weighted by Crippen LogP contribution is 2.03. The lowest BCUT2D eigenvalue weighted by atomic mass is 10.2. The van der Waals surface area contributed by atoms with E-state index in [-0.39, 0.29) is 0 Å². The summed E-state index contributed by atoms with van der Waals surface area (Å²) in [5.41, 5.74) is 3.77. The molecule has 0 amide bonds. The van der Waals surface area contributed by atoms with Gasteiger partial charge in [-0.1, -0.05) is 30.3 Å². The van der Waals surface area contributed by atoms with E-state index in [4.69, 9.17) is 0 Å². The van der Waals surface area contributed by atoms with Crippen LogP contribution in [0.15, 0.2) is 48.7 Å². The Kier molecular flexibility index (Phi) is 10.0. The first-order valence-electron chi connectivity index (χ1n) is 9.86. The molecule has 2 rings (SSSR count). The van der Waals surface area contributed by atoms with E-state index in [0.717, 1.165) is 57.9 Å². The lowest BCUT2D eigenvalue weighted by molar-refractivity contribution is 0.319. The number of hydrogen-bond acceptors (Lipinski definition) is 5. The van der Waals surface area contributed by atoms with E-state index in [2.05, 4.69) is 89.0 Å². The zero-order chi connectivity index (χ0) is 19.3. The molecule has 5 heteroatoms.